The Balaban J connectivity index is 4.35. The van der Waals surface area contributed by atoms with E-state index in [4.69, 9.17) is 11.5 Å². The van der Waals surface area contributed by atoms with Crippen LogP contribution in [0.25, 0.3) is 0 Å². The van der Waals surface area contributed by atoms with Crippen LogP contribution < -0.4 is 11.5 Å². The maximum atomic E-state index is 5.40. The van der Waals surface area contributed by atoms with Gasteiger partial charge >= 0.3 is 0 Å². The molecule has 0 fully saturated rings. The van der Waals surface area contributed by atoms with Gasteiger partial charge in [-0.3, -0.25) is 0 Å². The van der Waals surface area contributed by atoms with Gasteiger partial charge in [0.15, 0.2) is 0 Å². The van der Waals surface area contributed by atoms with Crippen molar-refractivity contribution in [3.8, 4) is 0 Å². The summed E-state index contributed by atoms with van der Waals surface area (Å²) < 4.78 is 0. The van der Waals surface area contributed by atoms with Crippen molar-refractivity contribution in [2.45, 2.75) is 13.8 Å². The van der Waals surface area contributed by atoms with E-state index < -0.39 is 0 Å². The van der Waals surface area contributed by atoms with Gasteiger partial charge in [-0.15, -0.1) is 0 Å². The van der Waals surface area contributed by atoms with Crippen molar-refractivity contribution < 1.29 is 0 Å². The summed E-state index contributed by atoms with van der Waals surface area (Å²) in [5, 5.41) is 0. The highest BCUT2D eigenvalue weighted by atomic mass is 14.5. The molecular formula is C9H16N2. The van der Waals surface area contributed by atoms with Crippen molar-refractivity contribution in [1.82, 2.24) is 0 Å². The molecule has 0 aromatic rings. The summed E-state index contributed by atoms with van der Waals surface area (Å²) in [7, 11) is 0. The normalized spacial score (nSPS) is 13.4. The topological polar surface area (TPSA) is 52.0 Å². The smallest absolute Gasteiger partial charge is 0.0243 e. The minimum absolute atomic E-state index is 0.564. The zero-order valence-electron chi connectivity index (χ0n) is 7.22. The van der Waals surface area contributed by atoms with Gasteiger partial charge in [-0.2, -0.15) is 0 Å². The Morgan fingerprint density at radius 2 is 1.91 bits per heavy atom. The van der Waals surface area contributed by atoms with Crippen LogP contribution in [0, 0.1) is 0 Å². The van der Waals surface area contributed by atoms with Gasteiger partial charge in [-0.1, -0.05) is 18.2 Å². The molecule has 4 N–H and O–H groups in total. The van der Waals surface area contributed by atoms with E-state index in [2.05, 4.69) is 6.58 Å². The third kappa shape index (κ3) is 4.39. The Hall–Kier alpha value is -1.02. The Bertz CT molecular complexity index is 200. The lowest BCUT2D eigenvalue weighted by Gasteiger charge is -2.00. The van der Waals surface area contributed by atoms with Crippen LogP contribution in [-0.4, -0.2) is 6.54 Å². The molecule has 0 aliphatic carbocycles. The van der Waals surface area contributed by atoms with Crippen molar-refractivity contribution in [2.24, 2.45) is 11.5 Å². The van der Waals surface area contributed by atoms with E-state index in [0.717, 1.165) is 11.1 Å². The van der Waals surface area contributed by atoms with Gasteiger partial charge in [0.1, 0.15) is 0 Å². The van der Waals surface area contributed by atoms with E-state index in [-0.39, 0.29) is 0 Å². The predicted octanol–water partition coefficient (Wildman–Crippen LogP) is 1.31. The standard InChI is InChI=1S/C9H16N2/c1-7(4-5-10)8(2)6-9(3)11/h4,6H,3,5,10-11H2,1-2H3/b7-4+,8-6+. The molecule has 0 amide bonds. The van der Waals surface area contributed by atoms with Crippen molar-refractivity contribution in [2.75, 3.05) is 6.54 Å². The second kappa shape index (κ2) is 4.74. The molecule has 0 radical (unpaired) electrons. The first-order valence-electron chi connectivity index (χ1n) is 3.57. The van der Waals surface area contributed by atoms with Crippen LogP contribution in [0.1, 0.15) is 13.8 Å². The van der Waals surface area contributed by atoms with Crippen molar-refractivity contribution in [3.63, 3.8) is 0 Å². The summed E-state index contributed by atoms with van der Waals surface area (Å²) in [5.41, 5.74) is 13.6. The van der Waals surface area contributed by atoms with Crippen LogP contribution >= 0.6 is 0 Å². The molecule has 0 heterocycles. The van der Waals surface area contributed by atoms with Crippen LogP contribution in [-0.2, 0) is 0 Å². The minimum atomic E-state index is 0.564. The molecule has 62 valence electrons. The fraction of sp³-hybridized carbons (Fsp3) is 0.333. The molecule has 2 heteroatoms. The van der Waals surface area contributed by atoms with Gasteiger partial charge in [0, 0.05) is 12.2 Å². The first-order chi connectivity index (χ1) is 5.07. The maximum Gasteiger partial charge on any atom is 0.0243 e. The molecule has 0 aliphatic heterocycles. The molecule has 0 aromatic heterocycles. The van der Waals surface area contributed by atoms with Gasteiger partial charge in [0.05, 0.1) is 0 Å². The van der Waals surface area contributed by atoms with Crippen LogP contribution in [0.3, 0.4) is 0 Å². The summed E-state index contributed by atoms with van der Waals surface area (Å²) in [6, 6.07) is 0. The Kier molecular flexibility index (Phi) is 4.30. The van der Waals surface area contributed by atoms with Gasteiger partial charge < -0.3 is 11.5 Å². The molecular weight excluding hydrogens is 136 g/mol. The van der Waals surface area contributed by atoms with E-state index in [1.807, 2.05) is 26.0 Å². The van der Waals surface area contributed by atoms with Crippen LogP contribution in [0.2, 0.25) is 0 Å². The van der Waals surface area contributed by atoms with Gasteiger partial charge in [-0.25, -0.2) is 0 Å². The monoisotopic (exact) mass is 152 g/mol. The number of nitrogens with two attached hydrogens (primary N) is 2. The number of hydrogen-bond acceptors (Lipinski definition) is 2. The van der Waals surface area contributed by atoms with E-state index in [9.17, 15) is 0 Å². The van der Waals surface area contributed by atoms with Crippen LogP contribution in [0.15, 0.2) is 35.6 Å². The van der Waals surface area contributed by atoms with E-state index in [0.29, 0.717) is 12.2 Å². The maximum absolute atomic E-state index is 5.40. The molecule has 0 spiro atoms. The van der Waals surface area contributed by atoms with Gasteiger partial charge in [0.25, 0.3) is 0 Å². The second-order valence-corrected chi connectivity index (χ2v) is 2.53. The number of allylic oxidation sites excluding steroid dienone is 3. The highest BCUT2D eigenvalue weighted by Gasteiger charge is 1.90. The fourth-order valence-corrected chi connectivity index (χ4v) is 0.730. The number of rotatable bonds is 3. The largest absolute Gasteiger partial charge is 0.399 e. The lowest BCUT2D eigenvalue weighted by molar-refractivity contribution is 1.20. The predicted molar refractivity (Wildman–Crippen MR) is 49.9 cm³/mol. The van der Waals surface area contributed by atoms with Crippen molar-refractivity contribution in [1.29, 1.82) is 0 Å². The molecule has 11 heavy (non-hydrogen) atoms. The summed E-state index contributed by atoms with van der Waals surface area (Å²) in [6.45, 7) is 8.13. The van der Waals surface area contributed by atoms with E-state index in [1.165, 1.54) is 0 Å². The van der Waals surface area contributed by atoms with Gasteiger partial charge in [0.2, 0.25) is 0 Å². The zero-order valence-corrected chi connectivity index (χ0v) is 7.22. The second-order valence-electron chi connectivity index (χ2n) is 2.53. The lowest BCUT2D eigenvalue weighted by atomic mass is 10.1. The van der Waals surface area contributed by atoms with E-state index in [1.54, 1.807) is 0 Å². The first-order valence-corrected chi connectivity index (χ1v) is 3.57. The molecule has 0 unspecified atom stereocenters. The summed E-state index contributed by atoms with van der Waals surface area (Å²) in [6.07, 6.45) is 3.79. The molecule has 0 rings (SSSR count). The quantitative estimate of drug-likeness (QED) is 0.599. The summed E-state index contributed by atoms with van der Waals surface area (Å²) >= 11 is 0. The molecule has 0 bridgehead atoms. The molecule has 2 nitrogen and oxygen atoms in total. The third-order valence-corrected chi connectivity index (χ3v) is 1.45. The SMILES string of the molecule is C=C(N)/C=C(C)/C(C)=C/CN. The first kappa shape index (κ1) is 9.98. The van der Waals surface area contributed by atoms with Crippen molar-refractivity contribution >= 4 is 0 Å². The third-order valence-electron chi connectivity index (χ3n) is 1.45. The average Bonchev–Trinajstić information content (AvgIpc) is 1.86. The van der Waals surface area contributed by atoms with E-state index >= 15 is 0 Å². The van der Waals surface area contributed by atoms with Crippen LogP contribution in [0.5, 0.6) is 0 Å². The average molecular weight is 152 g/mol. The molecule has 0 saturated carbocycles. The highest BCUT2D eigenvalue weighted by molar-refractivity contribution is 5.32. The minimum Gasteiger partial charge on any atom is -0.399 e. The molecule has 0 aromatic carbocycles. The summed E-state index contributed by atoms with van der Waals surface area (Å²) in [5.74, 6) is 0. The van der Waals surface area contributed by atoms with Gasteiger partial charge in [-0.05, 0) is 25.5 Å². The lowest BCUT2D eigenvalue weighted by Crippen LogP contribution is -1.96. The molecule has 0 saturated heterocycles. The Morgan fingerprint density at radius 1 is 1.36 bits per heavy atom. The fourth-order valence-electron chi connectivity index (χ4n) is 0.730. The molecule has 0 aliphatic rings. The summed E-state index contributed by atoms with van der Waals surface area (Å²) in [4.78, 5) is 0. The molecule has 0 atom stereocenters. The van der Waals surface area contributed by atoms with Crippen LogP contribution in [0.4, 0.5) is 0 Å². The Labute approximate surface area is 68.3 Å². The zero-order chi connectivity index (χ0) is 8.85. The highest BCUT2D eigenvalue weighted by Crippen LogP contribution is 2.07. The van der Waals surface area contributed by atoms with Crippen molar-refractivity contribution in [3.05, 3.63) is 35.6 Å². The number of hydrogen-bond donors (Lipinski definition) is 2. The Morgan fingerprint density at radius 3 is 2.27 bits per heavy atom.